The third-order valence-corrected chi connectivity index (χ3v) is 3.87. The number of hydrogen-bond acceptors (Lipinski definition) is 6. The van der Waals surface area contributed by atoms with Crippen LogP contribution < -0.4 is 5.32 Å². The smallest absolute Gasteiger partial charge is 0.306 e. The second kappa shape index (κ2) is 9.36. The molecule has 1 aromatic heterocycles. The Morgan fingerprint density at radius 1 is 1.12 bits per heavy atom. The van der Waals surface area contributed by atoms with E-state index in [9.17, 15) is 14.4 Å². The lowest BCUT2D eigenvalue weighted by Crippen LogP contribution is -2.14. The zero-order valence-corrected chi connectivity index (χ0v) is 14.7. The highest BCUT2D eigenvalue weighted by atomic mass is 16.5. The molecule has 1 unspecified atom stereocenters. The molecule has 8 nitrogen and oxygen atoms in total. The number of anilines is 1. The molecule has 1 aromatic carbocycles. The molecule has 138 valence electrons. The summed E-state index contributed by atoms with van der Waals surface area (Å²) < 4.78 is 9.34. The van der Waals surface area contributed by atoms with Crippen molar-refractivity contribution in [3.63, 3.8) is 0 Å². The van der Waals surface area contributed by atoms with Gasteiger partial charge in [0.1, 0.15) is 0 Å². The van der Waals surface area contributed by atoms with E-state index in [-0.39, 0.29) is 36.6 Å². The van der Waals surface area contributed by atoms with Gasteiger partial charge in [0, 0.05) is 23.6 Å². The van der Waals surface area contributed by atoms with Gasteiger partial charge in [-0.15, -0.1) is 0 Å². The maximum absolute atomic E-state index is 12.2. The molecule has 26 heavy (non-hydrogen) atoms. The highest BCUT2D eigenvalue weighted by molar-refractivity contribution is 6.03. The predicted octanol–water partition coefficient (Wildman–Crippen LogP) is 2.26. The van der Waals surface area contributed by atoms with Gasteiger partial charge < -0.3 is 14.5 Å². The number of benzene rings is 1. The van der Waals surface area contributed by atoms with Crippen molar-refractivity contribution >= 4 is 23.8 Å². The van der Waals surface area contributed by atoms with Crippen molar-refractivity contribution < 1.29 is 23.9 Å². The Morgan fingerprint density at radius 3 is 2.46 bits per heavy atom. The van der Waals surface area contributed by atoms with Crippen molar-refractivity contribution in [3.8, 4) is 0 Å². The van der Waals surface area contributed by atoms with E-state index in [1.54, 1.807) is 24.3 Å². The maximum atomic E-state index is 12.2. The monoisotopic (exact) mass is 359 g/mol. The van der Waals surface area contributed by atoms with E-state index in [4.69, 9.17) is 4.74 Å². The summed E-state index contributed by atoms with van der Waals surface area (Å²) in [6.07, 6.45) is 2.16. The lowest BCUT2D eigenvalue weighted by Gasteiger charge is -2.13. The number of hydrogen-bond donors (Lipinski definition) is 2. The van der Waals surface area contributed by atoms with Gasteiger partial charge in [0.05, 0.1) is 26.8 Å². The standard InChI is InChI=1S/C18H21N3O5/c1-25-15(22)9-8-13(10-16(23)26-2)14-11-19-18(20-14)21-17(24)12-6-4-3-5-7-12/h3-7,11,13H,8-10H2,1-2H3,(H2,19,20,21,24). The van der Waals surface area contributed by atoms with Gasteiger partial charge >= 0.3 is 11.9 Å². The van der Waals surface area contributed by atoms with Crippen LogP contribution in [0.25, 0.3) is 0 Å². The number of aromatic amines is 1. The zero-order chi connectivity index (χ0) is 18.9. The number of rotatable bonds is 8. The molecule has 0 spiro atoms. The van der Waals surface area contributed by atoms with E-state index in [0.717, 1.165) is 0 Å². The van der Waals surface area contributed by atoms with Gasteiger partial charge in [0.2, 0.25) is 5.95 Å². The first-order valence-corrected chi connectivity index (χ1v) is 8.08. The van der Waals surface area contributed by atoms with Crippen LogP contribution in [0.5, 0.6) is 0 Å². The summed E-state index contributed by atoms with van der Waals surface area (Å²) in [4.78, 5) is 42.3. The number of ether oxygens (including phenoxy) is 2. The summed E-state index contributed by atoms with van der Waals surface area (Å²) in [5.74, 6) is -1.11. The highest BCUT2D eigenvalue weighted by Gasteiger charge is 2.21. The molecule has 0 bridgehead atoms. The van der Waals surface area contributed by atoms with Crippen LogP contribution in [0.1, 0.15) is 41.2 Å². The highest BCUT2D eigenvalue weighted by Crippen LogP contribution is 2.25. The molecular formula is C18H21N3O5. The Hall–Kier alpha value is -3.16. The molecule has 1 heterocycles. The second-order valence-corrected chi connectivity index (χ2v) is 5.60. The van der Waals surface area contributed by atoms with Crippen LogP contribution in [0.15, 0.2) is 36.5 Å². The maximum Gasteiger partial charge on any atom is 0.306 e. The largest absolute Gasteiger partial charge is 0.469 e. The molecule has 8 heteroatoms. The minimum Gasteiger partial charge on any atom is -0.469 e. The van der Waals surface area contributed by atoms with Crippen molar-refractivity contribution in [1.29, 1.82) is 0 Å². The van der Waals surface area contributed by atoms with Crippen molar-refractivity contribution in [1.82, 2.24) is 9.97 Å². The number of imidazole rings is 1. The second-order valence-electron chi connectivity index (χ2n) is 5.60. The molecule has 0 saturated carbocycles. The number of amides is 1. The molecule has 2 N–H and O–H groups in total. The Bertz CT molecular complexity index is 757. The van der Waals surface area contributed by atoms with Crippen molar-refractivity contribution in [2.24, 2.45) is 0 Å². The average Bonchev–Trinajstić information content (AvgIpc) is 3.13. The Labute approximate surface area is 150 Å². The number of carbonyl (C=O) groups is 3. The van der Waals surface area contributed by atoms with Crippen LogP contribution in [-0.4, -0.2) is 42.0 Å². The van der Waals surface area contributed by atoms with Crippen LogP contribution in [0.2, 0.25) is 0 Å². The Morgan fingerprint density at radius 2 is 1.81 bits per heavy atom. The quantitative estimate of drug-likeness (QED) is 0.700. The molecule has 0 aliphatic rings. The zero-order valence-electron chi connectivity index (χ0n) is 14.7. The van der Waals surface area contributed by atoms with Gasteiger partial charge in [-0.1, -0.05) is 18.2 Å². The summed E-state index contributed by atoms with van der Waals surface area (Å²) in [5, 5.41) is 2.66. The first-order chi connectivity index (χ1) is 12.5. The van der Waals surface area contributed by atoms with Gasteiger partial charge in [-0.05, 0) is 18.6 Å². The number of nitrogens with zero attached hydrogens (tertiary/aromatic N) is 1. The third kappa shape index (κ3) is 5.44. The molecule has 1 atom stereocenters. The summed E-state index contributed by atoms with van der Waals surface area (Å²) >= 11 is 0. The molecule has 0 saturated heterocycles. The number of carbonyl (C=O) groups excluding carboxylic acids is 3. The molecule has 0 aliphatic carbocycles. The third-order valence-electron chi connectivity index (χ3n) is 3.87. The van der Waals surface area contributed by atoms with Gasteiger partial charge in [-0.25, -0.2) is 4.98 Å². The van der Waals surface area contributed by atoms with E-state index < -0.39 is 5.97 Å². The predicted molar refractivity (Wildman–Crippen MR) is 93.6 cm³/mol. The molecule has 0 aliphatic heterocycles. The van der Waals surface area contributed by atoms with Crippen LogP contribution in [0.3, 0.4) is 0 Å². The molecule has 1 amide bonds. The molecular weight excluding hydrogens is 338 g/mol. The van der Waals surface area contributed by atoms with Crippen LogP contribution >= 0.6 is 0 Å². The fraction of sp³-hybridized carbons (Fsp3) is 0.333. The van der Waals surface area contributed by atoms with E-state index in [1.807, 2.05) is 6.07 Å². The first kappa shape index (κ1) is 19.2. The Balaban J connectivity index is 2.07. The molecule has 0 radical (unpaired) electrons. The number of H-pyrrole nitrogens is 1. The normalized spacial score (nSPS) is 11.5. The number of esters is 2. The summed E-state index contributed by atoms with van der Waals surface area (Å²) in [6.45, 7) is 0. The number of nitrogens with one attached hydrogen (secondary N) is 2. The van der Waals surface area contributed by atoms with Gasteiger partial charge in [-0.3, -0.25) is 19.7 Å². The fourth-order valence-corrected chi connectivity index (χ4v) is 2.42. The van der Waals surface area contributed by atoms with Crippen LogP contribution in [0, 0.1) is 0 Å². The van der Waals surface area contributed by atoms with Gasteiger partial charge in [-0.2, -0.15) is 0 Å². The minimum absolute atomic E-state index is 0.0851. The van der Waals surface area contributed by atoms with E-state index in [1.165, 1.54) is 20.4 Å². The van der Waals surface area contributed by atoms with Crippen molar-refractivity contribution in [2.45, 2.75) is 25.2 Å². The fourth-order valence-electron chi connectivity index (χ4n) is 2.42. The summed E-state index contributed by atoms with van der Waals surface area (Å²) in [6, 6.07) is 8.73. The Kier molecular flexibility index (Phi) is 6.90. The van der Waals surface area contributed by atoms with Crippen LogP contribution in [-0.2, 0) is 19.1 Å². The van der Waals surface area contributed by atoms with E-state index >= 15 is 0 Å². The minimum atomic E-state index is -0.399. The number of methoxy groups -OCH3 is 2. The lowest BCUT2D eigenvalue weighted by atomic mass is 9.96. The van der Waals surface area contributed by atoms with E-state index in [2.05, 4.69) is 20.0 Å². The lowest BCUT2D eigenvalue weighted by molar-refractivity contribution is -0.143. The summed E-state index contributed by atoms with van der Waals surface area (Å²) in [7, 11) is 2.61. The van der Waals surface area contributed by atoms with E-state index in [0.29, 0.717) is 17.7 Å². The van der Waals surface area contributed by atoms with Crippen LogP contribution in [0.4, 0.5) is 5.95 Å². The molecule has 2 aromatic rings. The van der Waals surface area contributed by atoms with Crippen molar-refractivity contribution in [3.05, 3.63) is 47.8 Å². The van der Waals surface area contributed by atoms with Gasteiger partial charge in [0.25, 0.3) is 5.91 Å². The molecule has 0 fully saturated rings. The topological polar surface area (TPSA) is 110 Å². The van der Waals surface area contributed by atoms with Crippen molar-refractivity contribution in [2.75, 3.05) is 19.5 Å². The SMILES string of the molecule is COC(=O)CCC(CC(=O)OC)c1cnc(NC(=O)c2ccccc2)[nH]1. The summed E-state index contributed by atoms with van der Waals surface area (Å²) in [5.41, 5.74) is 1.13. The first-order valence-electron chi connectivity index (χ1n) is 8.08. The molecule has 2 rings (SSSR count). The van der Waals surface area contributed by atoms with Gasteiger partial charge in [0.15, 0.2) is 0 Å². The number of aromatic nitrogens is 2. The average molecular weight is 359 g/mol.